The Kier molecular flexibility index (Phi) is 3.05. The molecule has 0 bridgehead atoms. The van der Waals surface area contributed by atoms with Gasteiger partial charge in [0.05, 0.1) is 12.6 Å². The molecule has 2 N–H and O–H groups in total. The molecular weight excluding hydrogens is 211 g/mol. The summed E-state index contributed by atoms with van der Waals surface area (Å²) < 4.78 is 12.8. The summed E-state index contributed by atoms with van der Waals surface area (Å²) in [5, 5.41) is 11.6. The first kappa shape index (κ1) is 10.9. The first-order valence-corrected chi connectivity index (χ1v) is 5.13. The van der Waals surface area contributed by atoms with Crippen molar-refractivity contribution in [2.75, 3.05) is 19.7 Å². The summed E-state index contributed by atoms with van der Waals surface area (Å²) in [4.78, 5) is 13.0. The molecule has 0 aliphatic carbocycles. The van der Waals surface area contributed by atoms with E-state index in [9.17, 15) is 9.18 Å². The molecule has 4 nitrogen and oxygen atoms in total. The van der Waals surface area contributed by atoms with Crippen molar-refractivity contribution in [2.45, 2.75) is 6.04 Å². The number of carbonyl (C=O) groups is 1. The van der Waals surface area contributed by atoms with Gasteiger partial charge in [0.1, 0.15) is 5.82 Å². The number of urea groups is 1. The molecule has 1 aromatic rings. The van der Waals surface area contributed by atoms with Crippen LogP contribution >= 0.6 is 0 Å². The Labute approximate surface area is 92.7 Å². The maximum absolute atomic E-state index is 12.8. The summed E-state index contributed by atoms with van der Waals surface area (Å²) in [6.45, 7) is 0.698. The van der Waals surface area contributed by atoms with Crippen LogP contribution in [0.1, 0.15) is 11.6 Å². The highest BCUT2D eigenvalue weighted by molar-refractivity contribution is 5.77. The number of nitrogens with zero attached hydrogens (tertiary/aromatic N) is 1. The zero-order valence-corrected chi connectivity index (χ0v) is 8.69. The van der Waals surface area contributed by atoms with Crippen molar-refractivity contribution in [1.82, 2.24) is 10.2 Å². The van der Waals surface area contributed by atoms with Crippen molar-refractivity contribution in [2.24, 2.45) is 0 Å². The SMILES string of the molecule is O=C1NCC(c2ccc(F)cc2)N1CCO. The Balaban J connectivity index is 2.19. The number of hydrogen-bond donors (Lipinski definition) is 2. The van der Waals surface area contributed by atoms with Gasteiger partial charge in [-0.1, -0.05) is 12.1 Å². The number of hydrogen-bond acceptors (Lipinski definition) is 2. The molecule has 86 valence electrons. The number of carbonyl (C=O) groups excluding carboxylic acids is 1. The molecule has 0 radical (unpaired) electrons. The van der Waals surface area contributed by atoms with E-state index < -0.39 is 0 Å². The highest BCUT2D eigenvalue weighted by Crippen LogP contribution is 2.24. The number of aliphatic hydroxyl groups is 1. The van der Waals surface area contributed by atoms with Gasteiger partial charge in [-0.3, -0.25) is 0 Å². The molecule has 0 spiro atoms. The predicted molar refractivity (Wildman–Crippen MR) is 56.3 cm³/mol. The van der Waals surface area contributed by atoms with Crippen molar-refractivity contribution in [3.05, 3.63) is 35.6 Å². The zero-order chi connectivity index (χ0) is 11.5. The van der Waals surface area contributed by atoms with Gasteiger partial charge in [-0.25, -0.2) is 9.18 Å². The largest absolute Gasteiger partial charge is 0.395 e. The number of aliphatic hydroxyl groups excluding tert-OH is 1. The third kappa shape index (κ3) is 1.99. The van der Waals surface area contributed by atoms with Gasteiger partial charge < -0.3 is 15.3 Å². The van der Waals surface area contributed by atoms with Crippen LogP contribution in [0.5, 0.6) is 0 Å². The first-order chi connectivity index (χ1) is 7.72. The van der Waals surface area contributed by atoms with Crippen molar-refractivity contribution >= 4 is 6.03 Å². The van der Waals surface area contributed by atoms with Crippen LogP contribution in [0.15, 0.2) is 24.3 Å². The van der Waals surface area contributed by atoms with Gasteiger partial charge in [-0.15, -0.1) is 0 Å². The maximum Gasteiger partial charge on any atom is 0.318 e. The minimum Gasteiger partial charge on any atom is -0.395 e. The lowest BCUT2D eigenvalue weighted by molar-refractivity contribution is 0.179. The predicted octanol–water partition coefficient (Wildman–Crippen LogP) is 0.884. The second-order valence-corrected chi connectivity index (χ2v) is 3.67. The van der Waals surface area contributed by atoms with Crippen LogP contribution in [-0.2, 0) is 0 Å². The quantitative estimate of drug-likeness (QED) is 0.801. The van der Waals surface area contributed by atoms with Crippen LogP contribution in [0.3, 0.4) is 0 Å². The van der Waals surface area contributed by atoms with Gasteiger partial charge in [0.15, 0.2) is 0 Å². The van der Waals surface area contributed by atoms with Crippen molar-refractivity contribution in [3.63, 3.8) is 0 Å². The van der Waals surface area contributed by atoms with Crippen LogP contribution in [0.4, 0.5) is 9.18 Å². The molecule has 1 fully saturated rings. The monoisotopic (exact) mass is 224 g/mol. The molecule has 1 saturated heterocycles. The maximum atomic E-state index is 12.8. The van der Waals surface area contributed by atoms with Crippen molar-refractivity contribution in [3.8, 4) is 0 Å². The van der Waals surface area contributed by atoms with Crippen LogP contribution in [0.25, 0.3) is 0 Å². The van der Waals surface area contributed by atoms with Crippen molar-refractivity contribution in [1.29, 1.82) is 0 Å². The van der Waals surface area contributed by atoms with E-state index in [1.807, 2.05) is 0 Å². The number of rotatable bonds is 3. The average molecular weight is 224 g/mol. The van der Waals surface area contributed by atoms with Gasteiger partial charge in [-0.05, 0) is 17.7 Å². The molecular formula is C11H13FN2O2. The third-order valence-electron chi connectivity index (χ3n) is 2.68. The molecule has 0 aromatic heterocycles. The zero-order valence-electron chi connectivity index (χ0n) is 8.69. The first-order valence-electron chi connectivity index (χ1n) is 5.13. The molecule has 1 unspecified atom stereocenters. The fourth-order valence-corrected chi connectivity index (χ4v) is 1.89. The molecule has 16 heavy (non-hydrogen) atoms. The van der Waals surface area contributed by atoms with E-state index in [-0.39, 0.29) is 31.0 Å². The second-order valence-electron chi connectivity index (χ2n) is 3.67. The summed E-state index contributed by atoms with van der Waals surface area (Å²) in [5.41, 5.74) is 0.869. The lowest BCUT2D eigenvalue weighted by Gasteiger charge is -2.22. The van der Waals surface area contributed by atoms with E-state index in [2.05, 4.69) is 5.32 Å². The topological polar surface area (TPSA) is 52.6 Å². The Morgan fingerprint density at radius 1 is 1.44 bits per heavy atom. The normalized spacial score (nSPS) is 20.0. The summed E-state index contributed by atoms with van der Waals surface area (Å²) in [7, 11) is 0. The van der Waals surface area contributed by atoms with E-state index in [4.69, 9.17) is 5.11 Å². The fourth-order valence-electron chi connectivity index (χ4n) is 1.89. The molecule has 2 rings (SSSR count). The molecule has 5 heteroatoms. The van der Waals surface area contributed by atoms with Gasteiger partial charge in [0.25, 0.3) is 0 Å². The Morgan fingerprint density at radius 2 is 2.12 bits per heavy atom. The van der Waals surface area contributed by atoms with Gasteiger partial charge in [-0.2, -0.15) is 0 Å². The van der Waals surface area contributed by atoms with Crippen LogP contribution in [0, 0.1) is 5.82 Å². The Bertz CT molecular complexity index is 380. The molecule has 1 atom stereocenters. The van der Waals surface area contributed by atoms with Gasteiger partial charge in [0.2, 0.25) is 0 Å². The lowest BCUT2D eigenvalue weighted by Crippen LogP contribution is -2.32. The minimum absolute atomic E-state index is 0.0783. The van der Waals surface area contributed by atoms with Crippen LogP contribution < -0.4 is 5.32 Å². The lowest BCUT2D eigenvalue weighted by atomic mass is 10.1. The molecule has 1 aliphatic rings. The molecule has 1 aromatic carbocycles. The van der Waals surface area contributed by atoms with Crippen LogP contribution in [-0.4, -0.2) is 35.7 Å². The number of β-amino-alcohol motifs (C(OH)–C–C–N with tert-alkyl or cyclic N) is 1. The summed E-state index contributed by atoms with van der Waals surface area (Å²) >= 11 is 0. The molecule has 0 saturated carbocycles. The third-order valence-corrected chi connectivity index (χ3v) is 2.68. The highest BCUT2D eigenvalue weighted by atomic mass is 19.1. The molecule has 1 heterocycles. The van der Waals surface area contributed by atoms with Crippen molar-refractivity contribution < 1.29 is 14.3 Å². The van der Waals surface area contributed by atoms with E-state index in [1.54, 1.807) is 17.0 Å². The number of amides is 2. The number of halogens is 1. The standard InChI is InChI=1S/C11H13FN2O2/c12-9-3-1-8(2-4-9)10-7-13-11(16)14(10)5-6-15/h1-4,10,15H,5-7H2,(H,13,16). The smallest absolute Gasteiger partial charge is 0.318 e. The highest BCUT2D eigenvalue weighted by Gasteiger charge is 2.30. The second kappa shape index (κ2) is 4.49. The van der Waals surface area contributed by atoms with E-state index in [1.165, 1.54) is 12.1 Å². The van der Waals surface area contributed by atoms with Gasteiger partial charge >= 0.3 is 6.03 Å². The van der Waals surface area contributed by atoms with E-state index in [0.29, 0.717) is 6.54 Å². The van der Waals surface area contributed by atoms with E-state index in [0.717, 1.165) is 5.56 Å². The Hall–Kier alpha value is -1.62. The summed E-state index contributed by atoms with van der Waals surface area (Å²) in [6, 6.07) is 5.74. The minimum atomic E-state index is -0.297. The fraction of sp³-hybridized carbons (Fsp3) is 0.364. The van der Waals surface area contributed by atoms with Crippen LogP contribution in [0.2, 0.25) is 0 Å². The molecule has 1 aliphatic heterocycles. The summed E-state index contributed by atoms with van der Waals surface area (Å²) in [6.07, 6.45) is 0. The summed E-state index contributed by atoms with van der Waals surface area (Å²) in [5.74, 6) is -0.297. The van der Waals surface area contributed by atoms with E-state index >= 15 is 0 Å². The number of nitrogens with one attached hydrogen (secondary N) is 1. The van der Waals surface area contributed by atoms with Gasteiger partial charge in [0, 0.05) is 13.1 Å². The Morgan fingerprint density at radius 3 is 2.75 bits per heavy atom. The number of benzene rings is 1. The average Bonchev–Trinajstić information content (AvgIpc) is 2.63. The molecule has 2 amide bonds.